The van der Waals surface area contributed by atoms with E-state index in [-0.39, 0.29) is 30.2 Å². The zero-order chi connectivity index (χ0) is 19.2. The van der Waals surface area contributed by atoms with Crippen LogP contribution in [0.5, 0.6) is 5.88 Å². The van der Waals surface area contributed by atoms with Gasteiger partial charge < -0.3 is 14.8 Å². The van der Waals surface area contributed by atoms with Gasteiger partial charge in [0, 0.05) is 43.2 Å². The van der Waals surface area contributed by atoms with E-state index < -0.39 is 0 Å². The van der Waals surface area contributed by atoms with Gasteiger partial charge in [0.05, 0.1) is 12.6 Å². The van der Waals surface area contributed by atoms with Crippen molar-refractivity contribution >= 4 is 5.91 Å². The minimum atomic E-state index is -0.331. The van der Waals surface area contributed by atoms with Crippen molar-refractivity contribution in [2.24, 2.45) is 0 Å². The molecule has 1 aliphatic rings. The van der Waals surface area contributed by atoms with Crippen LogP contribution in [0, 0.1) is 13.8 Å². The summed E-state index contributed by atoms with van der Waals surface area (Å²) in [6.07, 6.45) is 2.21. The molecule has 0 aliphatic carbocycles. The van der Waals surface area contributed by atoms with Crippen molar-refractivity contribution in [1.29, 1.82) is 0 Å². The van der Waals surface area contributed by atoms with Crippen molar-refractivity contribution in [2.75, 3.05) is 13.2 Å². The molecule has 0 bridgehead atoms. The maximum Gasteiger partial charge on any atom is 0.347 e. The standard InChI is InChI=1S/C19H24N4O4/c1-13-11-14(2)23(19(25)21-13)9-6-17(24)22-15-7-10-26-12-16(15)27-18-5-3-4-8-20-18/h3-5,8,11,15-16H,6-7,9-10,12H2,1-2H3,(H,22,24)/t15-,16-/m1/s1. The lowest BCUT2D eigenvalue weighted by Crippen LogP contribution is -2.51. The van der Waals surface area contributed by atoms with Crippen LogP contribution in [-0.2, 0) is 16.1 Å². The van der Waals surface area contributed by atoms with Crippen LogP contribution in [-0.4, -0.2) is 45.8 Å². The highest BCUT2D eigenvalue weighted by Crippen LogP contribution is 2.15. The van der Waals surface area contributed by atoms with Crippen LogP contribution in [0.25, 0.3) is 0 Å². The molecular formula is C19H24N4O4. The fraction of sp³-hybridized carbons (Fsp3) is 0.474. The second-order valence-electron chi connectivity index (χ2n) is 6.58. The monoisotopic (exact) mass is 372 g/mol. The predicted octanol–water partition coefficient (Wildman–Crippen LogP) is 0.998. The van der Waals surface area contributed by atoms with Crippen LogP contribution in [0.2, 0.25) is 0 Å². The molecule has 2 aromatic heterocycles. The molecule has 0 unspecified atom stereocenters. The van der Waals surface area contributed by atoms with E-state index in [9.17, 15) is 9.59 Å². The topological polar surface area (TPSA) is 95.3 Å². The van der Waals surface area contributed by atoms with E-state index in [0.717, 1.165) is 5.69 Å². The fourth-order valence-corrected chi connectivity index (χ4v) is 3.10. The number of aryl methyl sites for hydroxylation is 2. The van der Waals surface area contributed by atoms with Crippen molar-refractivity contribution in [1.82, 2.24) is 19.9 Å². The lowest BCUT2D eigenvalue weighted by molar-refractivity contribution is -0.124. The smallest absolute Gasteiger partial charge is 0.347 e. The van der Waals surface area contributed by atoms with Crippen molar-refractivity contribution in [2.45, 2.75) is 45.4 Å². The van der Waals surface area contributed by atoms with Gasteiger partial charge in [0.15, 0.2) is 0 Å². The number of hydrogen-bond donors (Lipinski definition) is 1. The minimum Gasteiger partial charge on any atom is -0.470 e. The number of nitrogens with zero attached hydrogens (tertiary/aromatic N) is 3. The summed E-state index contributed by atoms with van der Waals surface area (Å²) >= 11 is 0. The van der Waals surface area contributed by atoms with E-state index in [1.54, 1.807) is 19.2 Å². The molecule has 1 amide bonds. The highest BCUT2D eigenvalue weighted by molar-refractivity contribution is 5.76. The van der Waals surface area contributed by atoms with Crippen LogP contribution in [0.3, 0.4) is 0 Å². The maximum absolute atomic E-state index is 12.4. The first-order chi connectivity index (χ1) is 13.0. The number of aromatic nitrogens is 3. The Morgan fingerprint density at radius 3 is 3.00 bits per heavy atom. The summed E-state index contributed by atoms with van der Waals surface area (Å²) in [4.78, 5) is 32.5. The molecule has 0 saturated carbocycles. The SMILES string of the molecule is Cc1cc(C)n(CCC(=O)N[C@@H]2CCOC[C@H]2Oc2ccccn2)c(=O)n1. The molecule has 1 N–H and O–H groups in total. The molecule has 0 aromatic carbocycles. The van der Waals surface area contributed by atoms with E-state index in [1.165, 1.54) is 4.57 Å². The van der Waals surface area contributed by atoms with Crippen molar-refractivity contribution in [3.63, 3.8) is 0 Å². The lowest BCUT2D eigenvalue weighted by Gasteiger charge is -2.32. The minimum absolute atomic E-state index is 0.136. The summed E-state index contributed by atoms with van der Waals surface area (Å²) in [5, 5.41) is 3.00. The Morgan fingerprint density at radius 1 is 1.41 bits per heavy atom. The van der Waals surface area contributed by atoms with Gasteiger partial charge in [0.1, 0.15) is 6.10 Å². The predicted molar refractivity (Wildman–Crippen MR) is 98.6 cm³/mol. The third-order valence-corrected chi connectivity index (χ3v) is 4.47. The number of amides is 1. The molecule has 1 aliphatic heterocycles. The number of ether oxygens (including phenoxy) is 2. The van der Waals surface area contributed by atoms with E-state index >= 15 is 0 Å². The zero-order valence-electron chi connectivity index (χ0n) is 15.6. The summed E-state index contributed by atoms with van der Waals surface area (Å²) in [5.41, 5.74) is 1.14. The van der Waals surface area contributed by atoms with Crippen molar-refractivity contribution in [3.8, 4) is 5.88 Å². The quantitative estimate of drug-likeness (QED) is 0.813. The normalized spacial score (nSPS) is 19.5. The Kier molecular flexibility index (Phi) is 6.18. The molecule has 2 aromatic rings. The Labute approximate surface area is 157 Å². The first kappa shape index (κ1) is 19.0. The molecule has 3 heterocycles. The Morgan fingerprint density at radius 2 is 2.26 bits per heavy atom. The van der Waals surface area contributed by atoms with Crippen LogP contribution < -0.4 is 15.7 Å². The summed E-state index contributed by atoms with van der Waals surface area (Å²) in [5.74, 6) is 0.364. The number of carbonyl (C=O) groups excluding carboxylic acids is 1. The summed E-state index contributed by atoms with van der Waals surface area (Å²) in [7, 11) is 0. The largest absolute Gasteiger partial charge is 0.470 e. The molecule has 0 spiro atoms. The summed E-state index contributed by atoms with van der Waals surface area (Å²) in [6.45, 7) is 4.86. The Balaban J connectivity index is 1.58. The zero-order valence-corrected chi connectivity index (χ0v) is 15.6. The second kappa shape index (κ2) is 8.77. The second-order valence-corrected chi connectivity index (χ2v) is 6.58. The molecule has 27 heavy (non-hydrogen) atoms. The lowest BCUT2D eigenvalue weighted by atomic mass is 10.1. The molecular weight excluding hydrogens is 348 g/mol. The number of pyridine rings is 1. The number of nitrogens with one attached hydrogen (secondary N) is 1. The van der Waals surface area contributed by atoms with Crippen molar-refractivity contribution in [3.05, 3.63) is 52.3 Å². The first-order valence-corrected chi connectivity index (χ1v) is 9.03. The molecule has 8 heteroatoms. The Hall–Kier alpha value is -2.74. The average Bonchev–Trinajstić information content (AvgIpc) is 2.63. The van der Waals surface area contributed by atoms with E-state index in [0.29, 0.717) is 37.8 Å². The highest BCUT2D eigenvalue weighted by atomic mass is 16.5. The van der Waals surface area contributed by atoms with Gasteiger partial charge in [-0.3, -0.25) is 9.36 Å². The van der Waals surface area contributed by atoms with E-state index in [1.807, 2.05) is 25.1 Å². The molecule has 1 fully saturated rings. The van der Waals surface area contributed by atoms with E-state index in [2.05, 4.69) is 15.3 Å². The van der Waals surface area contributed by atoms with Crippen LogP contribution in [0.1, 0.15) is 24.2 Å². The van der Waals surface area contributed by atoms with Gasteiger partial charge >= 0.3 is 5.69 Å². The summed E-state index contributed by atoms with van der Waals surface area (Å²) < 4.78 is 12.9. The molecule has 0 radical (unpaired) electrons. The number of carbonyl (C=O) groups is 1. The van der Waals surface area contributed by atoms with Gasteiger partial charge in [-0.2, -0.15) is 4.98 Å². The van der Waals surface area contributed by atoms with Gasteiger partial charge in [-0.05, 0) is 32.4 Å². The van der Waals surface area contributed by atoms with Gasteiger partial charge in [0.2, 0.25) is 11.8 Å². The molecule has 8 nitrogen and oxygen atoms in total. The number of hydrogen-bond acceptors (Lipinski definition) is 6. The highest BCUT2D eigenvalue weighted by Gasteiger charge is 2.29. The van der Waals surface area contributed by atoms with Gasteiger partial charge in [-0.25, -0.2) is 9.78 Å². The Bertz CT molecular complexity index is 837. The van der Waals surface area contributed by atoms with Crippen molar-refractivity contribution < 1.29 is 14.3 Å². The fourth-order valence-electron chi connectivity index (χ4n) is 3.10. The first-order valence-electron chi connectivity index (χ1n) is 9.03. The molecule has 3 rings (SSSR count). The summed E-state index contributed by atoms with van der Waals surface area (Å²) in [6, 6.07) is 7.09. The van der Waals surface area contributed by atoms with E-state index in [4.69, 9.17) is 9.47 Å². The van der Waals surface area contributed by atoms with Gasteiger partial charge in [-0.1, -0.05) is 6.07 Å². The molecule has 144 valence electrons. The molecule has 2 atom stereocenters. The number of rotatable bonds is 6. The van der Waals surface area contributed by atoms with Crippen LogP contribution in [0.4, 0.5) is 0 Å². The van der Waals surface area contributed by atoms with Crippen LogP contribution in [0.15, 0.2) is 35.3 Å². The van der Waals surface area contributed by atoms with Gasteiger partial charge in [0.25, 0.3) is 0 Å². The maximum atomic E-state index is 12.4. The third kappa shape index (κ3) is 5.13. The molecule has 1 saturated heterocycles. The third-order valence-electron chi connectivity index (χ3n) is 4.47. The van der Waals surface area contributed by atoms with Gasteiger partial charge in [-0.15, -0.1) is 0 Å². The van der Waals surface area contributed by atoms with Crippen LogP contribution >= 0.6 is 0 Å². The average molecular weight is 372 g/mol.